The van der Waals surface area contributed by atoms with Crippen molar-refractivity contribution in [2.75, 3.05) is 18.0 Å². The van der Waals surface area contributed by atoms with Crippen molar-refractivity contribution in [3.63, 3.8) is 0 Å². The summed E-state index contributed by atoms with van der Waals surface area (Å²) >= 11 is 0. The van der Waals surface area contributed by atoms with Gasteiger partial charge in [0.05, 0.1) is 0 Å². The molecule has 1 aliphatic heterocycles. The number of piperidine rings is 1. The van der Waals surface area contributed by atoms with E-state index in [0.717, 1.165) is 31.5 Å². The first kappa shape index (κ1) is 17.3. The summed E-state index contributed by atoms with van der Waals surface area (Å²) in [7, 11) is 0. The minimum Gasteiger partial charge on any atom is -0.423 e. The predicted octanol–water partition coefficient (Wildman–Crippen LogP) is 4.10. The lowest BCUT2D eigenvalue weighted by molar-refractivity contribution is 0.326. The van der Waals surface area contributed by atoms with E-state index >= 15 is 0 Å². The number of aromatic nitrogens is 3. The molecule has 0 N–H and O–H groups in total. The second kappa shape index (κ2) is 7.23. The fourth-order valence-electron chi connectivity index (χ4n) is 3.30. The summed E-state index contributed by atoms with van der Waals surface area (Å²) in [6, 6.07) is 12.0. The lowest BCUT2D eigenvalue weighted by Crippen LogP contribution is -2.33. The monoisotopic (exact) mass is 363 g/mol. The number of oxazole rings is 1. The molecule has 0 saturated carbocycles. The quantitative estimate of drug-likeness (QED) is 0.689. The van der Waals surface area contributed by atoms with Gasteiger partial charge in [-0.2, -0.15) is 10.2 Å². The minimum atomic E-state index is 0.151. The predicted molar refractivity (Wildman–Crippen MR) is 99.2 cm³/mol. The number of hydrogen-bond donors (Lipinski definition) is 0. The van der Waals surface area contributed by atoms with Crippen molar-refractivity contribution in [1.29, 1.82) is 5.26 Å². The summed E-state index contributed by atoms with van der Waals surface area (Å²) in [6.45, 7) is 5.52. The topological polar surface area (TPSA) is 92.0 Å². The molecule has 27 heavy (non-hydrogen) atoms. The van der Waals surface area contributed by atoms with Gasteiger partial charge in [-0.05, 0) is 12.8 Å². The van der Waals surface area contributed by atoms with Crippen LogP contribution in [0.2, 0.25) is 0 Å². The van der Waals surface area contributed by atoms with Crippen LogP contribution >= 0.6 is 0 Å². The summed E-state index contributed by atoms with van der Waals surface area (Å²) in [5.41, 5.74) is 1.31. The molecule has 4 rings (SSSR count). The normalized spacial score (nSPS) is 15.3. The van der Waals surface area contributed by atoms with Gasteiger partial charge in [0.25, 0.3) is 0 Å². The lowest BCUT2D eigenvalue weighted by Gasteiger charge is -2.29. The molecule has 7 heteroatoms. The molecule has 1 saturated heterocycles. The molecular formula is C20H21N5O2. The molecular weight excluding hydrogens is 342 g/mol. The first-order chi connectivity index (χ1) is 13.2. The highest BCUT2D eigenvalue weighted by molar-refractivity contribution is 5.53. The Labute approximate surface area is 157 Å². The third-order valence-electron chi connectivity index (χ3n) is 4.83. The Hall–Kier alpha value is -3.14. The first-order valence-electron chi connectivity index (χ1n) is 9.20. The highest BCUT2D eigenvalue weighted by Crippen LogP contribution is 2.33. The molecule has 0 radical (unpaired) electrons. The van der Waals surface area contributed by atoms with E-state index in [9.17, 15) is 5.26 Å². The molecule has 0 spiro atoms. The number of nitrogens with zero attached hydrogens (tertiary/aromatic N) is 5. The van der Waals surface area contributed by atoms with Crippen LogP contribution in [0.1, 0.15) is 56.0 Å². The van der Waals surface area contributed by atoms with E-state index in [0.29, 0.717) is 29.2 Å². The third kappa shape index (κ3) is 3.43. The Morgan fingerprint density at radius 1 is 1.15 bits per heavy atom. The van der Waals surface area contributed by atoms with Crippen molar-refractivity contribution in [2.45, 2.75) is 38.5 Å². The fourth-order valence-corrected chi connectivity index (χ4v) is 3.30. The van der Waals surface area contributed by atoms with E-state index < -0.39 is 0 Å². The maximum atomic E-state index is 9.35. The molecule has 3 heterocycles. The van der Waals surface area contributed by atoms with Crippen LogP contribution in [0.3, 0.4) is 0 Å². The highest BCUT2D eigenvalue weighted by Gasteiger charge is 2.29. The van der Waals surface area contributed by atoms with Crippen molar-refractivity contribution < 1.29 is 8.94 Å². The molecule has 0 atom stereocenters. The molecule has 0 aliphatic carbocycles. The average molecular weight is 363 g/mol. The largest absolute Gasteiger partial charge is 0.423 e. The van der Waals surface area contributed by atoms with Gasteiger partial charge in [-0.1, -0.05) is 49.3 Å². The van der Waals surface area contributed by atoms with Gasteiger partial charge in [0.15, 0.2) is 0 Å². The van der Waals surface area contributed by atoms with E-state index in [1.165, 1.54) is 0 Å². The van der Waals surface area contributed by atoms with Crippen molar-refractivity contribution in [1.82, 2.24) is 15.1 Å². The van der Waals surface area contributed by atoms with Crippen LogP contribution in [0.15, 0.2) is 39.3 Å². The number of nitriles is 1. The van der Waals surface area contributed by atoms with E-state index in [1.807, 2.05) is 44.2 Å². The van der Waals surface area contributed by atoms with E-state index in [1.54, 1.807) is 0 Å². The van der Waals surface area contributed by atoms with Crippen molar-refractivity contribution >= 4 is 5.88 Å². The van der Waals surface area contributed by atoms with Crippen molar-refractivity contribution in [3.8, 4) is 17.5 Å². The maximum absolute atomic E-state index is 9.35. The van der Waals surface area contributed by atoms with Crippen LogP contribution in [0, 0.1) is 11.3 Å². The van der Waals surface area contributed by atoms with Gasteiger partial charge in [0.2, 0.25) is 29.2 Å². The molecule has 7 nitrogen and oxygen atoms in total. The Morgan fingerprint density at radius 3 is 2.56 bits per heavy atom. The van der Waals surface area contributed by atoms with Crippen LogP contribution < -0.4 is 4.90 Å². The fraction of sp³-hybridized carbons (Fsp3) is 0.400. The van der Waals surface area contributed by atoms with Gasteiger partial charge in [-0.25, -0.2) is 4.98 Å². The Bertz CT molecular complexity index is 946. The molecule has 1 aromatic carbocycles. The molecule has 0 bridgehead atoms. The second-order valence-electron chi connectivity index (χ2n) is 7.06. The molecule has 0 amide bonds. The summed E-state index contributed by atoms with van der Waals surface area (Å²) in [4.78, 5) is 11.0. The SMILES string of the molecule is CC(C)c1nc(C#N)c(N2CCC(c3nc(-c4ccccc4)no3)CC2)o1. The van der Waals surface area contributed by atoms with E-state index in [-0.39, 0.29) is 11.8 Å². The third-order valence-corrected chi connectivity index (χ3v) is 4.83. The van der Waals surface area contributed by atoms with Crippen LogP contribution in [0.25, 0.3) is 11.4 Å². The van der Waals surface area contributed by atoms with Crippen LogP contribution in [-0.2, 0) is 0 Å². The number of anilines is 1. The molecule has 3 aromatic rings. The van der Waals surface area contributed by atoms with E-state index in [2.05, 4.69) is 26.1 Å². The van der Waals surface area contributed by atoms with Crippen LogP contribution in [-0.4, -0.2) is 28.2 Å². The smallest absolute Gasteiger partial charge is 0.234 e. The summed E-state index contributed by atoms with van der Waals surface area (Å²) in [5, 5.41) is 13.5. The van der Waals surface area contributed by atoms with E-state index in [4.69, 9.17) is 8.94 Å². The second-order valence-corrected chi connectivity index (χ2v) is 7.06. The lowest BCUT2D eigenvalue weighted by atomic mass is 9.97. The number of benzene rings is 1. The van der Waals surface area contributed by atoms with Crippen LogP contribution in [0.5, 0.6) is 0 Å². The molecule has 138 valence electrons. The molecule has 1 aliphatic rings. The highest BCUT2D eigenvalue weighted by atomic mass is 16.5. The van der Waals surface area contributed by atoms with Gasteiger partial charge in [-0.3, -0.25) is 0 Å². The molecule has 2 aromatic heterocycles. The van der Waals surface area contributed by atoms with Crippen LogP contribution in [0.4, 0.5) is 5.88 Å². The Kier molecular flexibility index (Phi) is 4.63. The van der Waals surface area contributed by atoms with Gasteiger partial charge in [0.1, 0.15) is 6.07 Å². The minimum absolute atomic E-state index is 0.151. The van der Waals surface area contributed by atoms with Gasteiger partial charge >= 0.3 is 0 Å². The zero-order chi connectivity index (χ0) is 18.8. The standard InChI is InChI=1S/C20H21N5O2/c1-13(2)18-22-16(12-21)20(26-18)25-10-8-15(9-11-25)19-23-17(24-27-19)14-6-4-3-5-7-14/h3-7,13,15H,8-11H2,1-2H3. The summed E-state index contributed by atoms with van der Waals surface area (Å²) in [6.07, 6.45) is 1.72. The van der Waals surface area contributed by atoms with Gasteiger partial charge in [0, 0.05) is 30.5 Å². The first-order valence-corrected chi connectivity index (χ1v) is 9.20. The van der Waals surface area contributed by atoms with Crippen molar-refractivity contribution in [3.05, 3.63) is 47.8 Å². The Balaban J connectivity index is 1.46. The van der Waals surface area contributed by atoms with Gasteiger partial charge < -0.3 is 13.8 Å². The molecule has 1 fully saturated rings. The van der Waals surface area contributed by atoms with Gasteiger partial charge in [-0.15, -0.1) is 0 Å². The average Bonchev–Trinajstić information content (AvgIpc) is 3.36. The summed E-state index contributed by atoms with van der Waals surface area (Å²) < 4.78 is 11.4. The number of hydrogen-bond acceptors (Lipinski definition) is 7. The Morgan fingerprint density at radius 2 is 1.89 bits per heavy atom. The zero-order valence-corrected chi connectivity index (χ0v) is 15.4. The van der Waals surface area contributed by atoms with Crippen molar-refractivity contribution in [2.24, 2.45) is 0 Å². The molecule has 0 unspecified atom stereocenters. The number of rotatable bonds is 4. The summed E-state index contributed by atoms with van der Waals surface area (Å²) in [5.74, 6) is 2.84. The maximum Gasteiger partial charge on any atom is 0.234 e. The zero-order valence-electron chi connectivity index (χ0n) is 15.4.